The molecule has 0 aliphatic carbocycles. The minimum absolute atomic E-state index is 0.0686. The van der Waals surface area contributed by atoms with E-state index in [0.29, 0.717) is 11.3 Å². The molecule has 0 spiro atoms. The summed E-state index contributed by atoms with van der Waals surface area (Å²) >= 11 is 0. The van der Waals surface area contributed by atoms with Gasteiger partial charge in [-0.05, 0) is 42.0 Å². The highest BCUT2D eigenvalue weighted by molar-refractivity contribution is 5.67. The van der Waals surface area contributed by atoms with Gasteiger partial charge in [0.25, 0.3) is 0 Å². The Morgan fingerprint density at radius 2 is 1.63 bits per heavy atom. The molecule has 0 fully saturated rings. The van der Waals surface area contributed by atoms with Crippen LogP contribution in [-0.4, -0.2) is 0 Å². The molecule has 0 bridgehead atoms. The predicted octanol–water partition coefficient (Wildman–Crippen LogP) is 6.41. The van der Waals surface area contributed by atoms with Gasteiger partial charge in [0.1, 0.15) is 17.8 Å². The molecule has 154 valence electrons. The average Bonchev–Trinajstić information content (AvgIpc) is 2.73. The first-order valence-corrected chi connectivity index (χ1v) is 8.84. The van der Waals surface area contributed by atoms with Crippen molar-refractivity contribution in [1.29, 1.82) is 0 Å². The van der Waals surface area contributed by atoms with Crippen molar-refractivity contribution in [3.63, 3.8) is 0 Å². The van der Waals surface area contributed by atoms with Crippen LogP contribution in [0.4, 0.5) is 27.6 Å². The Morgan fingerprint density at radius 3 is 2.27 bits per heavy atom. The second kappa shape index (κ2) is 8.53. The summed E-state index contributed by atoms with van der Waals surface area (Å²) in [7, 11) is 0. The van der Waals surface area contributed by atoms with Crippen LogP contribution in [0.2, 0.25) is 0 Å². The maximum absolute atomic E-state index is 14.0. The quantitative estimate of drug-likeness (QED) is 0.296. The maximum atomic E-state index is 14.0. The molecular formula is C23H17F5N2. The Hall–Kier alpha value is -3.41. The first-order chi connectivity index (χ1) is 14.2. The summed E-state index contributed by atoms with van der Waals surface area (Å²) in [6, 6.07) is 14.3. The molecule has 3 aromatic rings. The number of benzene rings is 3. The molecule has 1 atom stereocenters. The third-order valence-corrected chi connectivity index (χ3v) is 4.52. The van der Waals surface area contributed by atoms with Crippen molar-refractivity contribution in [2.45, 2.75) is 12.3 Å². The SMILES string of the molecule is C=C=CN(c1ccc(-c2cc(F)ccc2F)cc1)C(N)c1ccccc1C(F)(F)F. The lowest BCUT2D eigenvalue weighted by atomic mass is 10.0. The fourth-order valence-electron chi connectivity index (χ4n) is 3.11. The van der Waals surface area contributed by atoms with Gasteiger partial charge in [-0.15, -0.1) is 5.73 Å². The molecule has 2 nitrogen and oxygen atoms in total. The molecule has 0 saturated heterocycles. The van der Waals surface area contributed by atoms with Gasteiger partial charge in [0.05, 0.1) is 5.56 Å². The monoisotopic (exact) mass is 416 g/mol. The van der Waals surface area contributed by atoms with E-state index in [2.05, 4.69) is 12.3 Å². The Balaban J connectivity index is 2.00. The third-order valence-electron chi connectivity index (χ3n) is 4.52. The van der Waals surface area contributed by atoms with Crippen molar-refractivity contribution >= 4 is 5.69 Å². The molecule has 0 saturated carbocycles. The van der Waals surface area contributed by atoms with Crippen LogP contribution in [0, 0.1) is 11.6 Å². The highest BCUT2D eigenvalue weighted by atomic mass is 19.4. The summed E-state index contributed by atoms with van der Waals surface area (Å²) in [5.74, 6) is -1.18. The van der Waals surface area contributed by atoms with E-state index < -0.39 is 29.5 Å². The van der Waals surface area contributed by atoms with Crippen molar-refractivity contribution in [1.82, 2.24) is 0 Å². The summed E-state index contributed by atoms with van der Waals surface area (Å²) in [6.07, 6.45) is -4.43. The van der Waals surface area contributed by atoms with Crippen molar-refractivity contribution in [2.24, 2.45) is 5.73 Å². The summed E-state index contributed by atoms with van der Waals surface area (Å²) < 4.78 is 67.7. The van der Waals surface area contributed by atoms with Gasteiger partial charge >= 0.3 is 6.18 Å². The van der Waals surface area contributed by atoms with Gasteiger partial charge < -0.3 is 10.6 Å². The van der Waals surface area contributed by atoms with Gasteiger partial charge in [0.15, 0.2) is 0 Å². The standard InChI is InChI=1S/C23H17F5N2/c1-2-13-30(22(29)18-5-3-4-6-20(18)23(26,27)28)17-10-7-15(8-11-17)19-14-16(24)9-12-21(19)25/h3-14,22H,1,29H2. The lowest BCUT2D eigenvalue weighted by molar-refractivity contribution is -0.138. The van der Waals surface area contributed by atoms with E-state index in [-0.39, 0.29) is 11.1 Å². The van der Waals surface area contributed by atoms with E-state index in [1.54, 1.807) is 12.1 Å². The molecule has 0 aromatic heterocycles. The zero-order valence-corrected chi connectivity index (χ0v) is 15.6. The van der Waals surface area contributed by atoms with Crippen molar-refractivity contribution in [3.8, 4) is 11.1 Å². The number of alkyl halides is 3. The van der Waals surface area contributed by atoms with E-state index in [1.165, 1.54) is 41.4 Å². The van der Waals surface area contributed by atoms with Gasteiger partial charge in [-0.25, -0.2) is 8.78 Å². The lowest BCUT2D eigenvalue weighted by Gasteiger charge is -2.29. The molecule has 0 amide bonds. The highest BCUT2D eigenvalue weighted by Gasteiger charge is 2.35. The predicted molar refractivity (Wildman–Crippen MR) is 106 cm³/mol. The average molecular weight is 416 g/mol. The molecule has 2 N–H and O–H groups in total. The summed E-state index contributed by atoms with van der Waals surface area (Å²) in [6.45, 7) is 3.47. The van der Waals surface area contributed by atoms with Gasteiger partial charge in [-0.2, -0.15) is 13.2 Å². The first-order valence-electron chi connectivity index (χ1n) is 8.84. The molecule has 0 radical (unpaired) electrons. The van der Waals surface area contributed by atoms with Crippen LogP contribution in [0.25, 0.3) is 11.1 Å². The van der Waals surface area contributed by atoms with Crippen molar-refractivity contribution in [2.75, 3.05) is 4.90 Å². The largest absolute Gasteiger partial charge is 0.416 e. The molecule has 7 heteroatoms. The van der Waals surface area contributed by atoms with Crippen LogP contribution >= 0.6 is 0 Å². The molecule has 3 aromatic carbocycles. The van der Waals surface area contributed by atoms with E-state index in [9.17, 15) is 22.0 Å². The zero-order valence-electron chi connectivity index (χ0n) is 15.6. The van der Waals surface area contributed by atoms with Gasteiger partial charge in [0.2, 0.25) is 0 Å². The Kier molecular flexibility index (Phi) is 6.06. The summed E-state index contributed by atoms with van der Waals surface area (Å²) in [5, 5.41) is 0. The Morgan fingerprint density at radius 1 is 0.967 bits per heavy atom. The summed E-state index contributed by atoms with van der Waals surface area (Å²) in [5.41, 5.74) is 8.61. The third kappa shape index (κ3) is 4.43. The van der Waals surface area contributed by atoms with Crippen molar-refractivity contribution in [3.05, 3.63) is 108 Å². The number of nitrogens with zero attached hydrogens (tertiary/aromatic N) is 1. The number of halogens is 5. The van der Waals surface area contributed by atoms with E-state index in [4.69, 9.17) is 5.73 Å². The molecular weight excluding hydrogens is 399 g/mol. The maximum Gasteiger partial charge on any atom is 0.416 e. The first kappa shape index (κ1) is 21.3. The Labute approximate surface area is 170 Å². The molecule has 1 unspecified atom stereocenters. The molecule has 0 heterocycles. The number of hydrogen-bond donors (Lipinski definition) is 1. The number of rotatable bonds is 5. The van der Waals surface area contributed by atoms with Crippen LogP contribution in [0.5, 0.6) is 0 Å². The fraction of sp³-hybridized carbons (Fsp3) is 0.0870. The summed E-state index contributed by atoms with van der Waals surface area (Å²) in [4.78, 5) is 1.36. The number of nitrogens with two attached hydrogens (primary N) is 1. The fourth-order valence-corrected chi connectivity index (χ4v) is 3.11. The van der Waals surface area contributed by atoms with Gasteiger partial charge in [-0.1, -0.05) is 36.9 Å². The van der Waals surface area contributed by atoms with Crippen LogP contribution in [0.3, 0.4) is 0 Å². The molecule has 30 heavy (non-hydrogen) atoms. The molecule has 0 aliphatic heterocycles. The van der Waals surface area contributed by atoms with Gasteiger partial charge in [-0.3, -0.25) is 0 Å². The van der Waals surface area contributed by atoms with Crippen LogP contribution < -0.4 is 10.6 Å². The van der Waals surface area contributed by atoms with Gasteiger partial charge in [0, 0.05) is 23.0 Å². The molecule has 0 aliphatic rings. The highest BCUT2D eigenvalue weighted by Crippen LogP contribution is 2.36. The number of anilines is 1. The van der Waals surface area contributed by atoms with E-state index in [0.717, 1.165) is 24.3 Å². The minimum Gasteiger partial charge on any atom is -0.321 e. The lowest BCUT2D eigenvalue weighted by Crippen LogP contribution is -2.32. The number of hydrogen-bond acceptors (Lipinski definition) is 2. The normalized spacial score (nSPS) is 12.2. The van der Waals surface area contributed by atoms with Crippen LogP contribution in [0.15, 0.2) is 85.2 Å². The topological polar surface area (TPSA) is 29.3 Å². The van der Waals surface area contributed by atoms with E-state index in [1.807, 2.05) is 0 Å². The second-order valence-electron chi connectivity index (χ2n) is 6.44. The van der Waals surface area contributed by atoms with Crippen LogP contribution in [0.1, 0.15) is 17.3 Å². The second-order valence-corrected chi connectivity index (χ2v) is 6.44. The van der Waals surface area contributed by atoms with Crippen molar-refractivity contribution < 1.29 is 22.0 Å². The van der Waals surface area contributed by atoms with Crippen LogP contribution in [-0.2, 0) is 6.18 Å². The Bertz CT molecular complexity index is 1080. The van der Waals surface area contributed by atoms with E-state index >= 15 is 0 Å². The molecule has 3 rings (SSSR count). The zero-order chi connectivity index (χ0) is 21.9. The smallest absolute Gasteiger partial charge is 0.321 e. The minimum atomic E-state index is -4.57.